The number of aliphatic hydroxyl groups excluding tert-OH is 1. The molecule has 0 bridgehead atoms. The summed E-state index contributed by atoms with van der Waals surface area (Å²) in [6.45, 7) is 6.66. The van der Waals surface area contributed by atoms with E-state index < -0.39 is 0 Å². The average molecular weight is 377 g/mol. The van der Waals surface area contributed by atoms with Crippen LogP contribution in [0.4, 0.5) is 0 Å². The molecule has 0 saturated carbocycles. The molecule has 0 saturated heterocycles. The van der Waals surface area contributed by atoms with E-state index in [1.165, 1.54) is 102 Å². The zero-order valence-corrected chi connectivity index (χ0v) is 18.8. The molecule has 0 aliphatic heterocycles. The minimum absolute atomic E-state index is 0.0468. The molecule has 1 aliphatic rings. The second-order valence-electron chi connectivity index (χ2n) is 9.31. The van der Waals surface area contributed by atoms with Crippen molar-refractivity contribution >= 4 is 0 Å². The van der Waals surface area contributed by atoms with Crippen molar-refractivity contribution in [2.75, 3.05) is 0 Å². The summed E-state index contributed by atoms with van der Waals surface area (Å²) in [7, 11) is 0. The van der Waals surface area contributed by atoms with Gasteiger partial charge in [-0.05, 0) is 19.8 Å². The first-order valence-electron chi connectivity index (χ1n) is 12.1. The second-order valence-corrected chi connectivity index (χ2v) is 9.31. The number of aliphatic hydroxyl groups is 1. The predicted molar refractivity (Wildman–Crippen MR) is 121 cm³/mol. The highest BCUT2D eigenvalue weighted by Crippen LogP contribution is 2.36. The highest BCUT2D eigenvalue weighted by atomic mass is 16.3. The highest BCUT2D eigenvalue weighted by Gasteiger charge is 2.31. The third-order valence-corrected chi connectivity index (χ3v) is 6.36. The van der Waals surface area contributed by atoms with Crippen molar-refractivity contribution in [2.24, 2.45) is 5.41 Å². The summed E-state index contributed by atoms with van der Waals surface area (Å²) >= 11 is 0. The lowest BCUT2D eigenvalue weighted by Crippen LogP contribution is -2.31. The fourth-order valence-electron chi connectivity index (χ4n) is 4.42. The minimum atomic E-state index is -0.195. The van der Waals surface area contributed by atoms with Crippen LogP contribution in [0.3, 0.4) is 0 Å². The zero-order chi connectivity index (χ0) is 19.8. The summed E-state index contributed by atoms with van der Waals surface area (Å²) in [6, 6.07) is 0. The van der Waals surface area contributed by atoms with Crippen LogP contribution in [0.25, 0.3) is 0 Å². The van der Waals surface area contributed by atoms with Gasteiger partial charge in [-0.15, -0.1) is 0 Å². The maximum atomic E-state index is 10.6. The van der Waals surface area contributed by atoms with Crippen LogP contribution < -0.4 is 0 Å². The van der Waals surface area contributed by atoms with E-state index in [9.17, 15) is 5.11 Å². The molecular weight excluding hydrogens is 328 g/mol. The molecule has 27 heavy (non-hydrogen) atoms. The molecule has 0 aromatic heterocycles. The van der Waals surface area contributed by atoms with Gasteiger partial charge < -0.3 is 5.11 Å². The lowest BCUT2D eigenvalue weighted by Gasteiger charge is -2.34. The van der Waals surface area contributed by atoms with Gasteiger partial charge in [-0.1, -0.05) is 134 Å². The summed E-state index contributed by atoms with van der Waals surface area (Å²) in [5, 5.41) is 10.6. The van der Waals surface area contributed by atoms with Gasteiger partial charge >= 0.3 is 0 Å². The van der Waals surface area contributed by atoms with Crippen molar-refractivity contribution in [1.29, 1.82) is 0 Å². The Kier molecular flexibility index (Phi) is 13.9. The van der Waals surface area contributed by atoms with Crippen LogP contribution in [0.15, 0.2) is 23.8 Å². The standard InChI is InChI=1S/C26H48O/c1-4-5-6-7-8-9-10-11-12-13-14-15-16-17-18-21-25(27)26(3)22-19-20-24(2)23-26/h19-20,22,25,27H,4-18,21,23H2,1-3H3. The molecule has 2 atom stereocenters. The van der Waals surface area contributed by atoms with Crippen LogP contribution in [-0.4, -0.2) is 11.2 Å². The smallest absolute Gasteiger partial charge is 0.0631 e. The molecule has 0 fully saturated rings. The van der Waals surface area contributed by atoms with Crippen molar-refractivity contribution in [1.82, 2.24) is 0 Å². The average Bonchev–Trinajstić information content (AvgIpc) is 2.64. The van der Waals surface area contributed by atoms with Gasteiger partial charge in [0.1, 0.15) is 0 Å². The van der Waals surface area contributed by atoms with Gasteiger partial charge in [-0.2, -0.15) is 0 Å². The first kappa shape index (κ1) is 24.5. The van der Waals surface area contributed by atoms with Gasteiger partial charge in [0.05, 0.1) is 6.10 Å². The Hall–Kier alpha value is -0.560. The maximum Gasteiger partial charge on any atom is 0.0631 e. The van der Waals surface area contributed by atoms with E-state index in [1.807, 2.05) is 0 Å². The number of hydrogen-bond acceptors (Lipinski definition) is 1. The molecule has 2 unspecified atom stereocenters. The Morgan fingerprint density at radius 2 is 1.26 bits per heavy atom. The van der Waals surface area contributed by atoms with Crippen LogP contribution in [0.1, 0.15) is 130 Å². The molecule has 0 radical (unpaired) electrons. The Morgan fingerprint density at radius 3 is 1.70 bits per heavy atom. The number of hydrogen-bond donors (Lipinski definition) is 1. The van der Waals surface area contributed by atoms with Gasteiger partial charge in [0.2, 0.25) is 0 Å². The largest absolute Gasteiger partial charge is 0.392 e. The van der Waals surface area contributed by atoms with Crippen LogP contribution in [0.2, 0.25) is 0 Å². The SMILES string of the molecule is CCCCCCCCCCCCCCCCCC(O)C1(C)C=CC=C(C)C1. The first-order valence-corrected chi connectivity index (χ1v) is 12.1. The molecular formula is C26H48O. The molecule has 0 aromatic carbocycles. The topological polar surface area (TPSA) is 20.2 Å². The lowest BCUT2D eigenvalue weighted by molar-refractivity contribution is 0.0593. The molecule has 0 heterocycles. The van der Waals surface area contributed by atoms with Gasteiger partial charge in [0.15, 0.2) is 0 Å². The lowest BCUT2D eigenvalue weighted by atomic mass is 9.74. The van der Waals surface area contributed by atoms with E-state index in [4.69, 9.17) is 0 Å². The summed E-state index contributed by atoms with van der Waals surface area (Å²) < 4.78 is 0. The van der Waals surface area contributed by atoms with Crippen molar-refractivity contribution in [2.45, 2.75) is 136 Å². The minimum Gasteiger partial charge on any atom is -0.392 e. The summed E-state index contributed by atoms with van der Waals surface area (Å²) in [6.07, 6.45) is 29.2. The third-order valence-electron chi connectivity index (χ3n) is 6.36. The Balaban J connectivity index is 1.85. The predicted octanol–water partition coefficient (Wildman–Crippen LogP) is 8.52. The Morgan fingerprint density at radius 1 is 0.815 bits per heavy atom. The first-order chi connectivity index (χ1) is 13.1. The number of unbranched alkanes of at least 4 members (excludes halogenated alkanes) is 14. The fourth-order valence-corrected chi connectivity index (χ4v) is 4.42. The van der Waals surface area contributed by atoms with Crippen molar-refractivity contribution in [3.8, 4) is 0 Å². The molecule has 0 aromatic rings. The van der Waals surface area contributed by atoms with Gasteiger partial charge in [0, 0.05) is 5.41 Å². The van der Waals surface area contributed by atoms with Gasteiger partial charge in [-0.25, -0.2) is 0 Å². The maximum absolute atomic E-state index is 10.6. The third kappa shape index (κ3) is 11.8. The summed E-state index contributed by atoms with van der Waals surface area (Å²) in [5.41, 5.74) is 1.34. The molecule has 1 rings (SSSR count). The van der Waals surface area contributed by atoms with E-state index in [0.29, 0.717) is 0 Å². The van der Waals surface area contributed by atoms with Crippen LogP contribution in [-0.2, 0) is 0 Å². The quantitative estimate of drug-likeness (QED) is 0.252. The normalized spacial score (nSPS) is 20.7. The highest BCUT2D eigenvalue weighted by molar-refractivity contribution is 5.23. The van der Waals surface area contributed by atoms with Gasteiger partial charge in [-0.3, -0.25) is 0 Å². The molecule has 1 heteroatoms. The molecule has 0 amide bonds. The Bertz CT molecular complexity index is 408. The van der Waals surface area contributed by atoms with E-state index in [-0.39, 0.29) is 11.5 Å². The van der Waals surface area contributed by atoms with Crippen molar-refractivity contribution in [3.63, 3.8) is 0 Å². The summed E-state index contributed by atoms with van der Waals surface area (Å²) in [5.74, 6) is 0. The van der Waals surface area contributed by atoms with E-state index in [1.54, 1.807) is 0 Å². The van der Waals surface area contributed by atoms with E-state index >= 15 is 0 Å². The van der Waals surface area contributed by atoms with Crippen LogP contribution >= 0.6 is 0 Å². The molecule has 1 aliphatic carbocycles. The summed E-state index contributed by atoms with van der Waals surface area (Å²) in [4.78, 5) is 0. The monoisotopic (exact) mass is 376 g/mol. The van der Waals surface area contributed by atoms with Crippen LogP contribution in [0.5, 0.6) is 0 Å². The van der Waals surface area contributed by atoms with Crippen molar-refractivity contribution < 1.29 is 5.11 Å². The molecule has 1 N–H and O–H groups in total. The van der Waals surface area contributed by atoms with Crippen LogP contribution in [0, 0.1) is 5.41 Å². The Labute approximate surface area is 170 Å². The second kappa shape index (κ2) is 15.4. The van der Waals surface area contributed by atoms with Crippen molar-refractivity contribution in [3.05, 3.63) is 23.8 Å². The molecule has 0 spiro atoms. The fraction of sp³-hybridized carbons (Fsp3) is 0.846. The van der Waals surface area contributed by atoms with E-state index in [0.717, 1.165) is 12.8 Å². The van der Waals surface area contributed by atoms with Gasteiger partial charge in [0.25, 0.3) is 0 Å². The number of rotatable bonds is 17. The molecule has 1 nitrogen and oxygen atoms in total. The zero-order valence-electron chi connectivity index (χ0n) is 18.8. The van der Waals surface area contributed by atoms with E-state index in [2.05, 4.69) is 39.0 Å². The number of allylic oxidation sites excluding steroid dienone is 3. The molecule has 158 valence electrons.